The highest BCUT2D eigenvalue weighted by Gasteiger charge is 1.85. The molecule has 0 amide bonds. The van der Waals surface area contributed by atoms with E-state index in [1.54, 1.807) is 33.9 Å². The molecular weight excluding hydrogens is 303 g/mol. The van der Waals surface area contributed by atoms with Crippen LogP contribution in [0.1, 0.15) is 0 Å². The Balaban J connectivity index is 0. The lowest BCUT2D eigenvalue weighted by atomic mass is 10.5. The molecule has 2 heterocycles. The fourth-order valence-electron chi connectivity index (χ4n) is 1.10. The normalized spacial score (nSPS) is 9.20. The Morgan fingerprint density at radius 2 is 0.900 bits per heavy atom. The molecule has 2 aromatic rings. The topological polar surface area (TPSA) is 72.9 Å². The highest BCUT2D eigenvalue weighted by molar-refractivity contribution is 5.41. The number of pyridine rings is 2. The predicted octanol–water partition coefficient (Wildman–Crippen LogP) is -5.51. The number of halogens is 2. The summed E-state index contributed by atoms with van der Waals surface area (Å²) >= 11 is 0. The van der Waals surface area contributed by atoms with Crippen LogP contribution in [0.3, 0.4) is 0 Å². The Labute approximate surface area is 129 Å². The van der Waals surface area contributed by atoms with Gasteiger partial charge in [0.1, 0.15) is 10.3 Å². The molecule has 8 heteroatoms. The smallest absolute Gasteiger partial charge is 0.338 e. The van der Waals surface area contributed by atoms with Gasteiger partial charge in [0.25, 0.3) is 0 Å². The molecule has 0 aliphatic rings. The molecule has 6 nitrogen and oxygen atoms in total. The Kier molecular flexibility index (Phi) is 13.4. The first-order valence-electron chi connectivity index (χ1n) is 5.13. The zero-order valence-corrected chi connectivity index (χ0v) is 11.9. The first-order chi connectivity index (χ1) is 8.86. The summed E-state index contributed by atoms with van der Waals surface area (Å²) in [4.78, 5) is 0. The molecule has 2 N–H and O–H groups in total. The summed E-state index contributed by atoms with van der Waals surface area (Å²) in [6, 6.07) is 11.2. The molecule has 20 heavy (non-hydrogen) atoms. The number of rotatable bonds is 2. The summed E-state index contributed by atoms with van der Waals surface area (Å²) in [6.45, 7) is 0. The van der Waals surface area contributed by atoms with Crippen LogP contribution in [0.15, 0.2) is 71.5 Å². The van der Waals surface area contributed by atoms with Crippen LogP contribution in [0.2, 0.25) is 0 Å². The van der Waals surface area contributed by atoms with Gasteiger partial charge in [-0.05, 0) is 24.3 Å². The zero-order chi connectivity index (χ0) is 13.1. The van der Waals surface area contributed by atoms with Crippen LogP contribution in [0.5, 0.6) is 0 Å². The number of hydrogen-bond donors (Lipinski definition) is 2. The molecule has 0 bridgehead atoms. The van der Waals surface area contributed by atoms with Crippen LogP contribution in [0.25, 0.3) is 0 Å². The molecule has 0 saturated carbocycles. The predicted molar refractivity (Wildman–Crippen MR) is 64.6 cm³/mol. The van der Waals surface area contributed by atoms with Gasteiger partial charge in [0.05, 0.1) is 24.8 Å². The Morgan fingerprint density at radius 1 is 0.600 bits per heavy atom. The van der Waals surface area contributed by atoms with Gasteiger partial charge in [-0.3, -0.25) is 0 Å². The van der Waals surface area contributed by atoms with Gasteiger partial charge in [-0.2, -0.15) is 0 Å². The number of hydrogen-bond acceptors (Lipinski definition) is 4. The molecule has 2 aromatic heterocycles. The minimum Gasteiger partial charge on any atom is -1.00 e. The van der Waals surface area contributed by atoms with E-state index in [-0.39, 0.29) is 24.8 Å². The van der Waals surface area contributed by atoms with Gasteiger partial charge in [-0.15, -0.1) is 0 Å². The van der Waals surface area contributed by atoms with Crippen LogP contribution in [-0.2, 0) is 0 Å². The summed E-state index contributed by atoms with van der Waals surface area (Å²) in [5, 5.41) is 21.8. The molecule has 0 aliphatic heterocycles. The summed E-state index contributed by atoms with van der Waals surface area (Å²) < 4.78 is 3.28. The molecule has 0 fully saturated rings. The third-order valence-electron chi connectivity index (χ3n) is 1.85. The summed E-state index contributed by atoms with van der Waals surface area (Å²) in [5.41, 5.74) is 0. The van der Waals surface area contributed by atoms with Crippen molar-refractivity contribution in [3.05, 3.63) is 61.2 Å². The van der Waals surface area contributed by atoms with Gasteiger partial charge < -0.3 is 35.2 Å². The quantitative estimate of drug-likeness (QED) is 0.191. The second kappa shape index (κ2) is 13.3. The van der Waals surface area contributed by atoms with E-state index in [1.165, 1.54) is 12.7 Å². The fourth-order valence-corrected chi connectivity index (χ4v) is 1.10. The van der Waals surface area contributed by atoms with Crippen molar-refractivity contribution >= 4 is 12.7 Å². The van der Waals surface area contributed by atoms with Crippen molar-refractivity contribution < 1.29 is 44.4 Å². The lowest BCUT2D eigenvalue weighted by molar-refractivity contribution is -0.547. The third kappa shape index (κ3) is 8.84. The van der Waals surface area contributed by atoms with E-state index in [9.17, 15) is 0 Å². The lowest BCUT2D eigenvalue weighted by Gasteiger charge is -1.82. The molecule has 0 unspecified atom stereocenters. The van der Waals surface area contributed by atoms with Crippen molar-refractivity contribution in [1.29, 1.82) is 0 Å². The van der Waals surface area contributed by atoms with E-state index in [0.717, 1.165) is 0 Å². The molecule has 0 saturated heterocycles. The Morgan fingerprint density at radius 3 is 1.15 bits per heavy atom. The van der Waals surface area contributed by atoms with E-state index in [1.807, 2.05) is 36.4 Å². The Hall–Kier alpha value is -2.18. The van der Waals surface area contributed by atoms with Crippen molar-refractivity contribution in [2.75, 3.05) is 0 Å². The second-order valence-corrected chi connectivity index (χ2v) is 3.11. The first-order valence-corrected chi connectivity index (χ1v) is 5.13. The first kappa shape index (κ1) is 20.1. The molecule has 2 rings (SSSR count). The molecule has 0 aromatic carbocycles. The lowest BCUT2D eigenvalue weighted by Crippen LogP contribution is -3.00. The maximum atomic E-state index is 8.07. The average molecular weight is 317 g/mol. The van der Waals surface area contributed by atoms with Gasteiger partial charge in [0, 0.05) is 0 Å². The molecule has 0 radical (unpaired) electrons. The van der Waals surface area contributed by atoms with E-state index in [4.69, 9.17) is 10.4 Å². The highest BCUT2D eigenvalue weighted by Crippen LogP contribution is 1.73. The van der Waals surface area contributed by atoms with E-state index < -0.39 is 0 Å². The van der Waals surface area contributed by atoms with Crippen molar-refractivity contribution in [3.63, 3.8) is 0 Å². The van der Waals surface area contributed by atoms with Crippen molar-refractivity contribution in [2.45, 2.75) is 0 Å². The SMILES string of the molecule is O/N=C\[n+]1ccccc1.O/N=C\[n+]1ccccc1.[Cl-].[Cl-]. The summed E-state index contributed by atoms with van der Waals surface area (Å²) in [7, 11) is 0. The monoisotopic (exact) mass is 316 g/mol. The number of aromatic nitrogens is 2. The van der Waals surface area contributed by atoms with Crippen LogP contribution in [0, 0.1) is 0 Å². The molecule has 108 valence electrons. The van der Waals surface area contributed by atoms with Gasteiger partial charge >= 0.3 is 12.7 Å². The average Bonchev–Trinajstić information content (AvgIpc) is 2.43. The maximum Gasteiger partial charge on any atom is 0.338 e. The molecule has 0 spiro atoms. The van der Waals surface area contributed by atoms with E-state index in [0.29, 0.717) is 0 Å². The van der Waals surface area contributed by atoms with Gasteiger partial charge in [-0.25, -0.2) is 9.13 Å². The van der Waals surface area contributed by atoms with Crippen molar-refractivity contribution in [1.82, 2.24) is 0 Å². The molecule has 0 atom stereocenters. The van der Waals surface area contributed by atoms with E-state index in [2.05, 4.69) is 10.3 Å². The van der Waals surface area contributed by atoms with Crippen LogP contribution >= 0.6 is 0 Å². The van der Waals surface area contributed by atoms with Crippen LogP contribution in [-0.4, -0.2) is 23.1 Å². The van der Waals surface area contributed by atoms with Gasteiger partial charge in [0.15, 0.2) is 0 Å². The standard InChI is InChI=1S/2C6H6N2O.2ClH/c2*9-7-6-8-4-2-1-3-5-8;;/h2*1-6H;2*1H/b2*7-6-;;. The highest BCUT2D eigenvalue weighted by atomic mass is 35.5. The molecule has 0 aliphatic carbocycles. The van der Waals surface area contributed by atoms with Gasteiger partial charge in [0.2, 0.25) is 0 Å². The van der Waals surface area contributed by atoms with Crippen molar-refractivity contribution in [2.24, 2.45) is 10.3 Å². The zero-order valence-electron chi connectivity index (χ0n) is 10.4. The fraction of sp³-hybridized carbons (Fsp3) is 0. The molecular formula is C12H14Cl2N4O2. The number of oxime groups is 2. The largest absolute Gasteiger partial charge is 1.00 e. The summed E-state index contributed by atoms with van der Waals surface area (Å²) in [6.07, 6.45) is 9.72. The van der Waals surface area contributed by atoms with E-state index >= 15 is 0 Å². The minimum absolute atomic E-state index is 0. The van der Waals surface area contributed by atoms with Crippen LogP contribution < -0.4 is 33.9 Å². The Bertz CT molecular complexity index is 448. The summed E-state index contributed by atoms with van der Waals surface area (Å²) in [5.74, 6) is 0. The second-order valence-electron chi connectivity index (χ2n) is 3.11. The van der Waals surface area contributed by atoms with Crippen molar-refractivity contribution in [3.8, 4) is 0 Å². The van der Waals surface area contributed by atoms with Gasteiger partial charge in [-0.1, -0.05) is 12.1 Å². The number of nitrogens with zero attached hydrogens (tertiary/aromatic N) is 4. The third-order valence-corrected chi connectivity index (χ3v) is 1.85. The maximum absolute atomic E-state index is 8.07. The minimum atomic E-state index is 0. The van der Waals surface area contributed by atoms with Crippen LogP contribution in [0.4, 0.5) is 0 Å².